The van der Waals surface area contributed by atoms with Crippen molar-refractivity contribution < 1.29 is 9.59 Å². The second-order valence-corrected chi connectivity index (χ2v) is 9.51. The van der Waals surface area contributed by atoms with E-state index in [1.165, 1.54) is 10.4 Å². The number of rotatable bonds is 6. The number of amides is 2. The molecule has 1 fully saturated rings. The second-order valence-electron chi connectivity index (χ2n) is 8.56. The summed E-state index contributed by atoms with van der Waals surface area (Å²) in [4.78, 5) is 29.6. The van der Waals surface area contributed by atoms with Gasteiger partial charge in [0.1, 0.15) is 0 Å². The van der Waals surface area contributed by atoms with E-state index in [4.69, 9.17) is 0 Å². The summed E-state index contributed by atoms with van der Waals surface area (Å²) in [6.45, 7) is 4.97. The highest BCUT2D eigenvalue weighted by Crippen LogP contribution is 2.39. The number of hydrogen-bond acceptors (Lipinski definition) is 3. The average molecular weight is 433 g/mol. The van der Waals surface area contributed by atoms with E-state index in [0.29, 0.717) is 31.5 Å². The van der Waals surface area contributed by atoms with E-state index >= 15 is 0 Å². The summed E-state index contributed by atoms with van der Waals surface area (Å²) in [5, 5.41) is 5.20. The number of carbonyl (C=O) groups excluding carboxylic acids is 2. The molecule has 1 N–H and O–H groups in total. The van der Waals surface area contributed by atoms with Crippen LogP contribution in [0.5, 0.6) is 0 Å². The number of nitrogens with zero attached hydrogens (tertiary/aromatic N) is 1. The van der Waals surface area contributed by atoms with Crippen molar-refractivity contribution >= 4 is 23.2 Å². The lowest BCUT2D eigenvalue weighted by Gasteiger charge is -2.30. The predicted molar refractivity (Wildman–Crippen MR) is 126 cm³/mol. The van der Waals surface area contributed by atoms with Crippen LogP contribution < -0.4 is 5.32 Å². The van der Waals surface area contributed by atoms with E-state index in [2.05, 4.69) is 28.9 Å². The van der Waals surface area contributed by atoms with E-state index in [-0.39, 0.29) is 17.9 Å². The van der Waals surface area contributed by atoms with Gasteiger partial charge in [-0.1, -0.05) is 48.5 Å². The molecule has 1 aliphatic rings. The molecule has 4 rings (SSSR count). The Morgan fingerprint density at radius 2 is 1.77 bits per heavy atom. The van der Waals surface area contributed by atoms with E-state index < -0.39 is 5.41 Å². The molecule has 2 heterocycles. The Morgan fingerprint density at radius 1 is 1.03 bits per heavy atom. The fourth-order valence-corrected chi connectivity index (χ4v) is 5.13. The molecule has 2 amide bonds. The van der Waals surface area contributed by atoms with E-state index in [9.17, 15) is 9.59 Å². The third-order valence-electron chi connectivity index (χ3n) is 5.90. The first-order valence-corrected chi connectivity index (χ1v) is 11.6. The Balaban J connectivity index is 1.65. The molecule has 1 saturated heterocycles. The Hall–Kier alpha value is -2.92. The molecule has 0 saturated carbocycles. The summed E-state index contributed by atoms with van der Waals surface area (Å²) < 4.78 is 0. The van der Waals surface area contributed by atoms with Crippen LogP contribution in [-0.2, 0) is 11.2 Å². The van der Waals surface area contributed by atoms with Gasteiger partial charge in [0.2, 0.25) is 5.91 Å². The van der Waals surface area contributed by atoms with Crippen LogP contribution in [0.2, 0.25) is 0 Å². The van der Waals surface area contributed by atoms with Crippen molar-refractivity contribution in [3.05, 3.63) is 83.2 Å². The van der Waals surface area contributed by atoms with Gasteiger partial charge in [-0.2, -0.15) is 0 Å². The summed E-state index contributed by atoms with van der Waals surface area (Å²) in [7, 11) is 0. The number of thiophene rings is 1. The molecule has 1 aromatic heterocycles. The van der Waals surface area contributed by atoms with Gasteiger partial charge >= 0.3 is 0 Å². The Morgan fingerprint density at radius 3 is 2.48 bits per heavy atom. The minimum atomic E-state index is -0.637. The zero-order chi connectivity index (χ0) is 21.8. The van der Waals surface area contributed by atoms with Crippen LogP contribution in [0, 0.1) is 5.41 Å². The predicted octanol–water partition coefficient (Wildman–Crippen LogP) is 5.01. The first kappa shape index (κ1) is 21.3. The molecule has 0 bridgehead atoms. The van der Waals surface area contributed by atoms with Gasteiger partial charge in [0.05, 0.1) is 5.41 Å². The van der Waals surface area contributed by atoms with E-state index in [1.54, 1.807) is 11.3 Å². The molecule has 0 aliphatic carbocycles. The van der Waals surface area contributed by atoms with Gasteiger partial charge in [-0.15, -0.1) is 11.3 Å². The van der Waals surface area contributed by atoms with Crippen molar-refractivity contribution in [3.8, 4) is 10.4 Å². The van der Waals surface area contributed by atoms with E-state index in [1.807, 2.05) is 67.3 Å². The summed E-state index contributed by atoms with van der Waals surface area (Å²) in [5.74, 6) is 0.0261. The van der Waals surface area contributed by atoms with Gasteiger partial charge in [0.15, 0.2) is 0 Å². The van der Waals surface area contributed by atoms with Crippen molar-refractivity contribution in [2.45, 2.75) is 32.7 Å². The molecule has 0 radical (unpaired) electrons. The lowest BCUT2D eigenvalue weighted by molar-refractivity contribution is -0.130. The van der Waals surface area contributed by atoms with Crippen molar-refractivity contribution in [3.63, 3.8) is 0 Å². The Kier molecular flexibility index (Phi) is 6.23. The lowest BCUT2D eigenvalue weighted by atomic mass is 9.78. The molecule has 0 unspecified atom stereocenters. The Labute approximate surface area is 187 Å². The Bertz CT molecular complexity index is 1050. The topological polar surface area (TPSA) is 49.4 Å². The molecule has 5 heteroatoms. The number of hydrogen-bond donors (Lipinski definition) is 1. The second kappa shape index (κ2) is 9.06. The van der Waals surface area contributed by atoms with Gasteiger partial charge in [-0.25, -0.2) is 0 Å². The maximum atomic E-state index is 13.4. The molecule has 3 aromatic rings. The quantitative estimate of drug-likeness (QED) is 0.595. The first-order valence-electron chi connectivity index (χ1n) is 10.8. The molecule has 31 heavy (non-hydrogen) atoms. The van der Waals surface area contributed by atoms with Gasteiger partial charge in [0, 0.05) is 29.6 Å². The molecular formula is C26H28N2O2S. The summed E-state index contributed by atoms with van der Waals surface area (Å²) >= 11 is 1.70. The number of carbonyl (C=O) groups is 2. The minimum absolute atomic E-state index is 0.00800. The maximum absolute atomic E-state index is 13.4. The van der Waals surface area contributed by atoms with Crippen molar-refractivity contribution in [2.24, 2.45) is 5.41 Å². The van der Waals surface area contributed by atoms with Crippen LogP contribution in [-0.4, -0.2) is 35.8 Å². The van der Waals surface area contributed by atoms with Gasteiger partial charge in [0.25, 0.3) is 5.91 Å². The highest BCUT2D eigenvalue weighted by atomic mass is 32.1. The van der Waals surface area contributed by atoms with Crippen LogP contribution >= 0.6 is 11.3 Å². The molecule has 160 valence electrons. The van der Waals surface area contributed by atoms with Crippen molar-refractivity contribution in [1.29, 1.82) is 0 Å². The summed E-state index contributed by atoms with van der Waals surface area (Å²) in [6.07, 6.45) is 1.26. The highest BCUT2D eigenvalue weighted by molar-refractivity contribution is 7.13. The largest absolute Gasteiger partial charge is 0.353 e. The van der Waals surface area contributed by atoms with Crippen molar-refractivity contribution in [1.82, 2.24) is 10.2 Å². The lowest BCUT2D eigenvalue weighted by Crippen LogP contribution is -2.47. The molecule has 1 aliphatic heterocycles. The molecule has 1 atom stereocenters. The van der Waals surface area contributed by atoms with Gasteiger partial charge in [-0.3, -0.25) is 9.59 Å². The summed E-state index contributed by atoms with van der Waals surface area (Å²) in [6, 6.07) is 21.8. The smallest absolute Gasteiger partial charge is 0.253 e. The summed E-state index contributed by atoms with van der Waals surface area (Å²) in [5.41, 5.74) is 2.35. The fraction of sp³-hybridized carbons (Fsp3) is 0.308. The van der Waals surface area contributed by atoms with Crippen LogP contribution in [0.1, 0.15) is 36.2 Å². The number of benzene rings is 2. The zero-order valence-corrected chi connectivity index (χ0v) is 18.8. The van der Waals surface area contributed by atoms with Gasteiger partial charge in [-0.05, 0) is 61.4 Å². The average Bonchev–Trinajstić information content (AvgIpc) is 3.45. The monoisotopic (exact) mass is 432 g/mol. The number of nitrogens with one attached hydrogen (secondary N) is 1. The zero-order valence-electron chi connectivity index (χ0n) is 18.0. The van der Waals surface area contributed by atoms with Gasteiger partial charge < -0.3 is 10.2 Å². The van der Waals surface area contributed by atoms with E-state index in [0.717, 1.165) is 5.56 Å². The van der Waals surface area contributed by atoms with Crippen LogP contribution in [0.3, 0.4) is 0 Å². The molecule has 2 aromatic carbocycles. The third kappa shape index (κ3) is 4.57. The van der Waals surface area contributed by atoms with Crippen LogP contribution in [0.15, 0.2) is 72.1 Å². The molecule has 0 spiro atoms. The highest BCUT2D eigenvalue weighted by Gasteiger charge is 2.46. The normalized spacial score (nSPS) is 18.4. The third-order valence-corrected chi connectivity index (χ3v) is 6.80. The van der Waals surface area contributed by atoms with Crippen LogP contribution in [0.4, 0.5) is 0 Å². The minimum Gasteiger partial charge on any atom is -0.353 e. The first-order chi connectivity index (χ1) is 15.0. The number of likely N-dealkylation sites (tertiary alicyclic amines) is 1. The standard InChI is InChI=1S/C26H28N2O2S/c1-19(2)27-25(30)26(14-15-28(18-26)24(29)20-9-4-3-5-10-20)17-21-11-6-7-12-22(21)23-13-8-16-31-23/h3-13,16,19H,14-15,17-18H2,1-2H3,(H,27,30)/t26-/m0/s1. The fourth-order valence-electron chi connectivity index (χ4n) is 4.35. The van der Waals surface area contributed by atoms with Crippen molar-refractivity contribution in [2.75, 3.05) is 13.1 Å². The molecular weight excluding hydrogens is 404 g/mol. The maximum Gasteiger partial charge on any atom is 0.253 e. The SMILES string of the molecule is CC(C)NC(=O)[C@]1(Cc2ccccc2-c2cccs2)CCN(C(=O)c2ccccc2)C1. The van der Waals surface area contributed by atoms with Crippen LogP contribution in [0.25, 0.3) is 10.4 Å². The molecule has 4 nitrogen and oxygen atoms in total.